The predicted octanol–water partition coefficient (Wildman–Crippen LogP) is 4.19. The molecule has 4 rings (SSSR count). The molecule has 1 amide bonds. The number of carbonyl (C=O) groups is 1. The van der Waals surface area contributed by atoms with Gasteiger partial charge in [-0.15, -0.1) is 11.3 Å². The highest BCUT2D eigenvalue weighted by molar-refractivity contribution is 7.12. The molecule has 1 spiro atoms. The molecule has 2 aliphatic carbocycles. The number of hydrogen-bond donors (Lipinski definition) is 1. The lowest BCUT2D eigenvalue weighted by Gasteiger charge is -2.52. The van der Waals surface area contributed by atoms with E-state index in [1.54, 1.807) is 6.92 Å². The topological polar surface area (TPSA) is 81.9 Å². The fraction of sp³-hybridized carbons (Fsp3) is 0.474. The van der Waals surface area contributed by atoms with Crippen LogP contribution in [0.5, 0.6) is 0 Å². The standard InChI is InChI=1S/C19H19F2N5OS/c1-11-17(24-16(10-22)28-11)18(27)26(13-4-7-19(13)5-2-3-6-19)25-12-8-14(20)23-15(21)9-12/h8-9,13H,2-7H2,1H3,(H,23,25)/t13-/m0/s1. The second-order valence-corrected chi connectivity index (χ2v) is 8.65. The van der Waals surface area contributed by atoms with Gasteiger partial charge in [0.15, 0.2) is 5.01 Å². The number of hydrazine groups is 1. The number of nitrogens with zero attached hydrogens (tertiary/aromatic N) is 4. The van der Waals surface area contributed by atoms with Crippen molar-refractivity contribution in [3.63, 3.8) is 0 Å². The van der Waals surface area contributed by atoms with E-state index in [0.29, 0.717) is 4.88 Å². The first-order chi connectivity index (χ1) is 13.4. The van der Waals surface area contributed by atoms with Gasteiger partial charge in [0.25, 0.3) is 5.91 Å². The largest absolute Gasteiger partial charge is 0.295 e. The summed E-state index contributed by atoms with van der Waals surface area (Å²) in [4.78, 5) is 21.2. The summed E-state index contributed by atoms with van der Waals surface area (Å²) in [6, 6.07) is 3.98. The van der Waals surface area contributed by atoms with Gasteiger partial charge < -0.3 is 0 Å². The number of halogens is 2. The van der Waals surface area contributed by atoms with E-state index in [1.807, 2.05) is 6.07 Å². The number of rotatable bonds is 4. The zero-order chi connectivity index (χ0) is 19.9. The Hall–Kier alpha value is -2.60. The number of nitriles is 1. The molecule has 6 nitrogen and oxygen atoms in total. The molecule has 0 aromatic carbocycles. The Balaban J connectivity index is 1.69. The molecule has 2 aliphatic rings. The summed E-state index contributed by atoms with van der Waals surface area (Å²) in [5.74, 6) is -2.31. The van der Waals surface area contributed by atoms with Crippen LogP contribution in [0.15, 0.2) is 12.1 Å². The highest BCUT2D eigenvalue weighted by atomic mass is 32.1. The van der Waals surface area contributed by atoms with Crippen molar-refractivity contribution in [3.05, 3.63) is 39.6 Å². The molecule has 9 heteroatoms. The minimum Gasteiger partial charge on any atom is -0.295 e. The normalized spacial score (nSPS) is 19.9. The average Bonchev–Trinajstić information content (AvgIpc) is 3.27. The van der Waals surface area contributed by atoms with Gasteiger partial charge in [-0.1, -0.05) is 12.8 Å². The molecular weight excluding hydrogens is 384 g/mol. The summed E-state index contributed by atoms with van der Waals surface area (Å²) in [6.45, 7) is 1.74. The van der Waals surface area contributed by atoms with Gasteiger partial charge in [0, 0.05) is 17.0 Å². The molecule has 2 aromatic rings. The number of aromatic nitrogens is 2. The summed E-state index contributed by atoms with van der Waals surface area (Å²) < 4.78 is 27.1. The lowest BCUT2D eigenvalue weighted by atomic mass is 9.63. The highest BCUT2D eigenvalue weighted by Gasteiger charge is 2.52. The van der Waals surface area contributed by atoms with Crippen LogP contribution in [0, 0.1) is 35.6 Å². The van der Waals surface area contributed by atoms with E-state index < -0.39 is 11.9 Å². The van der Waals surface area contributed by atoms with Crippen LogP contribution in [0.2, 0.25) is 0 Å². The SMILES string of the molecule is Cc1sc(C#N)nc1C(=O)N(Nc1cc(F)nc(F)c1)[C@H]1CCC12CCCC2. The monoisotopic (exact) mass is 403 g/mol. The minimum atomic E-state index is -0.962. The van der Waals surface area contributed by atoms with Crippen molar-refractivity contribution in [1.82, 2.24) is 15.0 Å². The Morgan fingerprint density at radius 2 is 1.96 bits per heavy atom. The number of hydrogen-bond acceptors (Lipinski definition) is 6. The molecule has 28 heavy (non-hydrogen) atoms. The van der Waals surface area contributed by atoms with Gasteiger partial charge in [-0.05, 0) is 38.0 Å². The van der Waals surface area contributed by atoms with Crippen molar-refractivity contribution in [3.8, 4) is 6.07 Å². The number of thiazole rings is 1. The van der Waals surface area contributed by atoms with Gasteiger partial charge in [-0.25, -0.2) is 9.99 Å². The fourth-order valence-electron chi connectivity index (χ4n) is 4.44. The Bertz CT molecular complexity index is 943. The quantitative estimate of drug-likeness (QED) is 0.611. The van der Waals surface area contributed by atoms with Gasteiger partial charge in [-0.2, -0.15) is 19.0 Å². The number of amides is 1. The number of anilines is 1. The summed E-state index contributed by atoms with van der Waals surface area (Å²) in [6.07, 6.45) is 6.13. The molecule has 2 heterocycles. The predicted molar refractivity (Wildman–Crippen MR) is 99.4 cm³/mol. The van der Waals surface area contributed by atoms with Gasteiger partial charge in [0.05, 0.1) is 11.7 Å². The second kappa shape index (κ2) is 7.09. The molecule has 2 fully saturated rings. The van der Waals surface area contributed by atoms with Crippen molar-refractivity contribution < 1.29 is 13.6 Å². The Morgan fingerprint density at radius 3 is 2.50 bits per heavy atom. The zero-order valence-corrected chi connectivity index (χ0v) is 16.2. The van der Waals surface area contributed by atoms with Gasteiger partial charge in [-0.3, -0.25) is 10.2 Å². The summed E-state index contributed by atoms with van der Waals surface area (Å²) in [7, 11) is 0. The van der Waals surface area contributed by atoms with Gasteiger partial charge >= 0.3 is 0 Å². The number of carbonyl (C=O) groups excluding carboxylic acids is 1. The molecule has 0 saturated heterocycles. The summed E-state index contributed by atoms with van der Waals surface area (Å²) in [5.41, 5.74) is 3.26. The van der Waals surface area contributed by atoms with Crippen LogP contribution in [0.1, 0.15) is 58.9 Å². The van der Waals surface area contributed by atoms with Crippen LogP contribution in [0.3, 0.4) is 0 Å². The van der Waals surface area contributed by atoms with Crippen LogP contribution in [0.4, 0.5) is 14.5 Å². The van der Waals surface area contributed by atoms with Crippen molar-refractivity contribution in [2.45, 2.75) is 51.5 Å². The fourth-order valence-corrected chi connectivity index (χ4v) is 5.14. The molecular formula is C19H19F2N5OS. The first-order valence-electron chi connectivity index (χ1n) is 9.23. The van der Waals surface area contributed by atoms with E-state index in [2.05, 4.69) is 15.4 Å². The number of nitrogens with one attached hydrogen (secondary N) is 1. The molecule has 0 radical (unpaired) electrons. The first-order valence-corrected chi connectivity index (χ1v) is 10.0. The minimum absolute atomic E-state index is 0.0365. The van der Waals surface area contributed by atoms with Gasteiger partial charge in [0.1, 0.15) is 11.8 Å². The lowest BCUT2D eigenvalue weighted by Crippen LogP contribution is -2.58. The highest BCUT2D eigenvalue weighted by Crippen LogP contribution is 2.55. The molecule has 146 valence electrons. The van der Waals surface area contributed by atoms with E-state index in [-0.39, 0.29) is 33.8 Å². The molecule has 0 aliphatic heterocycles. The van der Waals surface area contributed by atoms with E-state index in [4.69, 9.17) is 5.26 Å². The maximum atomic E-state index is 13.6. The second-order valence-electron chi connectivity index (χ2n) is 7.45. The van der Waals surface area contributed by atoms with Crippen LogP contribution in [-0.4, -0.2) is 26.9 Å². The van der Waals surface area contributed by atoms with Crippen LogP contribution >= 0.6 is 11.3 Å². The third kappa shape index (κ3) is 3.22. The van der Waals surface area contributed by atoms with Crippen molar-refractivity contribution in [2.75, 3.05) is 5.43 Å². The molecule has 2 aromatic heterocycles. The maximum Gasteiger partial charge on any atom is 0.292 e. The molecule has 2 saturated carbocycles. The number of aryl methyl sites for hydroxylation is 1. The van der Waals surface area contributed by atoms with E-state index in [9.17, 15) is 13.6 Å². The van der Waals surface area contributed by atoms with E-state index in [0.717, 1.165) is 62.0 Å². The Morgan fingerprint density at radius 1 is 1.29 bits per heavy atom. The van der Waals surface area contributed by atoms with E-state index in [1.165, 1.54) is 5.01 Å². The zero-order valence-electron chi connectivity index (χ0n) is 15.3. The van der Waals surface area contributed by atoms with Crippen LogP contribution in [-0.2, 0) is 0 Å². The van der Waals surface area contributed by atoms with Crippen molar-refractivity contribution in [2.24, 2.45) is 5.41 Å². The van der Waals surface area contributed by atoms with E-state index >= 15 is 0 Å². The third-order valence-electron chi connectivity index (χ3n) is 5.86. The number of pyridine rings is 1. The smallest absolute Gasteiger partial charge is 0.292 e. The third-order valence-corrected chi connectivity index (χ3v) is 6.73. The van der Waals surface area contributed by atoms with Gasteiger partial charge in [0.2, 0.25) is 11.9 Å². The summed E-state index contributed by atoms with van der Waals surface area (Å²) >= 11 is 1.15. The maximum absolute atomic E-state index is 13.6. The summed E-state index contributed by atoms with van der Waals surface area (Å²) in [5, 5.41) is 10.8. The molecule has 0 bridgehead atoms. The lowest BCUT2D eigenvalue weighted by molar-refractivity contribution is -0.00372. The Labute approximate surface area is 165 Å². The van der Waals surface area contributed by atoms with Crippen LogP contribution in [0.25, 0.3) is 0 Å². The first kappa shape index (κ1) is 18.7. The van der Waals surface area contributed by atoms with Crippen LogP contribution < -0.4 is 5.43 Å². The van der Waals surface area contributed by atoms with Crippen molar-refractivity contribution >= 4 is 22.9 Å². The Kier molecular flexibility index (Phi) is 4.75. The van der Waals surface area contributed by atoms with Crippen molar-refractivity contribution in [1.29, 1.82) is 5.26 Å². The molecule has 1 N–H and O–H groups in total. The molecule has 0 unspecified atom stereocenters. The average molecular weight is 403 g/mol. The molecule has 1 atom stereocenters.